The van der Waals surface area contributed by atoms with E-state index in [1.54, 1.807) is 24.3 Å². The molecule has 196 valence electrons. The first-order valence-corrected chi connectivity index (χ1v) is 15.1. The SMILES string of the molecule is Cc1ccc(S(=O)(=O)O[C@H]2CCN(C(=O)COC3CCC(CC4CCCCC4)CC3)[C@@H](C)C2)cc1. The first-order valence-electron chi connectivity index (χ1n) is 13.7. The molecule has 1 aromatic rings. The van der Waals surface area contributed by atoms with E-state index in [-0.39, 0.29) is 29.6 Å². The van der Waals surface area contributed by atoms with Gasteiger partial charge in [-0.1, -0.05) is 49.8 Å². The second kappa shape index (κ2) is 12.2. The summed E-state index contributed by atoms with van der Waals surface area (Å²) in [5.74, 6) is 1.78. The highest BCUT2D eigenvalue weighted by Crippen LogP contribution is 2.36. The maximum absolute atomic E-state index is 12.9. The van der Waals surface area contributed by atoms with Crippen LogP contribution in [0.5, 0.6) is 0 Å². The van der Waals surface area contributed by atoms with Crippen LogP contribution >= 0.6 is 0 Å². The van der Waals surface area contributed by atoms with E-state index in [0.29, 0.717) is 19.4 Å². The minimum absolute atomic E-state index is 0.00155. The minimum atomic E-state index is -3.80. The molecule has 7 heteroatoms. The Morgan fingerprint density at radius 2 is 1.57 bits per heavy atom. The van der Waals surface area contributed by atoms with E-state index in [2.05, 4.69) is 0 Å². The van der Waals surface area contributed by atoms with Crippen molar-refractivity contribution in [1.82, 2.24) is 4.90 Å². The van der Waals surface area contributed by atoms with Gasteiger partial charge in [-0.05, 0) is 82.8 Å². The van der Waals surface area contributed by atoms with Crippen molar-refractivity contribution in [2.75, 3.05) is 13.2 Å². The lowest BCUT2D eigenvalue weighted by atomic mass is 9.77. The van der Waals surface area contributed by atoms with Crippen molar-refractivity contribution in [2.24, 2.45) is 11.8 Å². The van der Waals surface area contributed by atoms with Gasteiger partial charge >= 0.3 is 0 Å². The lowest BCUT2D eigenvalue weighted by Crippen LogP contribution is -2.48. The van der Waals surface area contributed by atoms with E-state index >= 15 is 0 Å². The zero-order chi connectivity index (χ0) is 24.8. The molecule has 6 nitrogen and oxygen atoms in total. The molecule has 35 heavy (non-hydrogen) atoms. The Hall–Kier alpha value is -1.44. The fraction of sp³-hybridized carbons (Fsp3) is 0.750. The first kappa shape index (κ1) is 26.6. The molecule has 1 saturated heterocycles. The number of amides is 1. The molecule has 2 aliphatic carbocycles. The molecule has 1 amide bonds. The summed E-state index contributed by atoms with van der Waals surface area (Å²) in [4.78, 5) is 14.9. The Kier molecular flexibility index (Phi) is 9.28. The predicted molar refractivity (Wildman–Crippen MR) is 137 cm³/mol. The van der Waals surface area contributed by atoms with Gasteiger partial charge in [0.15, 0.2) is 0 Å². The van der Waals surface area contributed by atoms with Crippen molar-refractivity contribution in [3.8, 4) is 0 Å². The monoisotopic (exact) mass is 505 g/mol. The molecule has 3 fully saturated rings. The smallest absolute Gasteiger partial charge is 0.297 e. The van der Waals surface area contributed by atoms with E-state index in [1.165, 1.54) is 51.4 Å². The van der Waals surface area contributed by atoms with Gasteiger partial charge < -0.3 is 9.64 Å². The number of carbonyl (C=O) groups is 1. The molecule has 2 atom stereocenters. The summed E-state index contributed by atoms with van der Waals surface area (Å²) in [6, 6.07) is 6.61. The summed E-state index contributed by atoms with van der Waals surface area (Å²) < 4.78 is 36.8. The van der Waals surface area contributed by atoms with Gasteiger partial charge in [-0.15, -0.1) is 0 Å². The highest BCUT2D eigenvalue weighted by Gasteiger charge is 2.33. The lowest BCUT2D eigenvalue weighted by molar-refractivity contribution is -0.143. The van der Waals surface area contributed by atoms with Crippen LogP contribution in [0, 0.1) is 18.8 Å². The van der Waals surface area contributed by atoms with Gasteiger partial charge in [0.1, 0.15) is 6.61 Å². The maximum Gasteiger partial charge on any atom is 0.297 e. The van der Waals surface area contributed by atoms with Crippen LogP contribution < -0.4 is 0 Å². The number of aryl methyl sites for hydroxylation is 1. The molecule has 0 bridgehead atoms. The number of benzene rings is 1. The number of nitrogens with zero attached hydrogens (tertiary/aromatic N) is 1. The number of hydrogen-bond donors (Lipinski definition) is 0. The topological polar surface area (TPSA) is 72.9 Å². The molecular weight excluding hydrogens is 462 g/mol. The van der Waals surface area contributed by atoms with E-state index in [0.717, 1.165) is 30.2 Å². The zero-order valence-electron chi connectivity index (χ0n) is 21.5. The molecule has 3 aliphatic rings. The average Bonchev–Trinajstić information content (AvgIpc) is 2.84. The van der Waals surface area contributed by atoms with Crippen molar-refractivity contribution >= 4 is 16.0 Å². The summed E-state index contributed by atoms with van der Waals surface area (Å²) in [5, 5.41) is 0. The van der Waals surface area contributed by atoms with E-state index in [4.69, 9.17) is 8.92 Å². The molecule has 0 aromatic heterocycles. The van der Waals surface area contributed by atoms with E-state index < -0.39 is 16.2 Å². The van der Waals surface area contributed by atoms with Crippen LogP contribution in [0.25, 0.3) is 0 Å². The average molecular weight is 506 g/mol. The minimum Gasteiger partial charge on any atom is -0.368 e. The van der Waals surface area contributed by atoms with Gasteiger partial charge in [0, 0.05) is 12.6 Å². The molecule has 0 spiro atoms. The van der Waals surface area contributed by atoms with Gasteiger partial charge in [-0.3, -0.25) is 8.98 Å². The Balaban J connectivity index is 1.17. The summed E-state index contributed by atoms with van der Waals surface area (Å²) >= 11 is 0. The first-order chi connectivity index (χ1) is 16.8. The van der Waals surface area contributed by atoms with Gasteiger partial charge in [-0.2, -0.15) is 8.42 Å². The van der Waals surface area contributed by atoms with Gasteiger partial charge in [-0.25, -0.2) is 0 Å². The molecule has 0 radical (unpaired) electrons. The van der Waals surface area contributed by atoms with Gasteiger partial charge in [0.25, 0.3) is 10.1 Å². The standard InChI is InChI=1S/C28H43NO5S/c1-21-8-14-27(15-9-21)35(31,32)34-26-16-17-29(22(2)18-26)28(30)20-33-25-12-10-24(11-13-25)19-23-6-4-3-5-7-23/h8-9,14-15,22-26H,3-7,10-13,16-20H2,1-2H3/t22-,24?,25?,26-/m0/s1. The molecule has 1 aliphatic heterocycles. The van der Waals surface area contributed by atoms with E-state index in [9.17, 15) is 13.2 Å². The molecule has 2 saturated carbocycles. The van der Waals surface area contributed by atoms with Crippen LogP contribution in [0.1, 0.15) is 89.5 Å². The largest absolute Gasteiger partial charge is 0.368 e. The second-order valence-corrected chi connectivity index (χ2v) is 12.7. The van der Waals surface area contributed by atoms with Crippen LogP contribution in [-0.2, 0) is 23.8 Å². The number of ether oxygens (including phenoxy) is 1. The second-order valence-electron chi connectivity index (χ2n) is 11.1. The van der Waals surface area contributed by atoms with Crippen LogP contribution in [0.4, 0.5) is 0 Å². The zero-order valence-corrected chi connectivity index (χ0v) is 22.3. The molecular formula is C28H43NO5S. The summed E-state index contributed by atoms with van der Waals surface area (Å²) in [6.45, 7) is 4.49. The third-order valence-corrected chi connectivity index (χ3v) is 9.72. The molecule has 4 rings (SSSR count). The lowest BCUT2D eigenvalue weighted by Gasteiger charge is -2.37. The van der Waals surface area contributed by atoms with Crippen molar-refractivity contribution in [3.63, 3.8) is 0 Å². The van der Waals surface area contributed by atoms with Crippen molar-refractivity contribution in [3.05, 3.63) is 29.8 Å². The summed E-state index contributed by atoms with van der Waals surface area (Å²) in [5.41, 5.74) is 0.999. The predicted octanol–water partition coefficient (Wildman–Crippen LogP) is 5.63. The van der Waals surface area contributed by atoms with Crippen LogP contribution in [0.3, 0.4) is 0 Å². The Labute approximate surface area is 211 Å². The Bertz CT molecular complexity index is 917. The van der Waals surface area contributed by atoms with Crippen molar-refractivity contribution in [2.45, 2.75) is 114 Å². The number of likely N-dealkylation sites (tertiary alicyclic amines) is 1. The summed E-state index contributed by atoms with van der Waals surface area (Å²) in [6.07, 6.45) is 13.8. The summed E-state index contributed by atoms with van der Waals surface area (Å²) in [7, 11) is -3.80. The highest BCUT2D eigenvalue weighted by atomic mass is 32.2. The fourth-order valence-electron chi connectivity index (χ4n) is 6.23. The number of hydrogen-bond acceptors (Lipinski definition) is 5. The molecule has 0 N–H and O–H groups in total. The molecule has 1 heterocycles. The Morgan fingerprint density at radius 3 is 2.23 bits per heavy atom. The molecule has 1 aromatic carbocycles. The highest BCUT2D eigenvalue weighted by molar-refractivity contribution is 7.86. The van der Waals surface area contributed by atoms with Crippen molar-refractivity contribution in [1.29, 1.82) is 0 Å². The van der Waals surface area contributed by atoms with Gasteiger partial charge in [0.2, 0.25) is 5.91 Å². The number of piperidine rings is 1. The van der Waals surface area contributed by atoms with Crippen LogP contribution in [0.2, 0.25) is 0 Å². The maximum atomic E-state index is 12.9. The fourth-order valence-corrected chi connectivity index (χ4v) is 7.34. The third-order valence-electron chi connectivity index (χ3n) is 8.35. The van der Waals surface area contributed by atoms with Crippen molar-refractivity contribution < 1.29 is 22.1 Å². The van der Waals surface area contributed by atoms with Crippen LogP contribution in [-0.4, -0.2) is 50.6 Å². The van der Waals surface area contributed by atoms with Crippen LogP contribution in [0.15, 0.2) is 29.2 Å². The van der Waals surface area contributed by atoms with E-state index in [1.807, 2.05) is 18.7 Å². The number of rotatable bonds is 8. The quantitative estimate of drug-likeness (QED) is 0.429. The van der Waals surface area contributed by atoms with Gasteiger partial charge in [0.05, 0.1) is 17.1 Å². The molecule has 0 unspecified atom stereocenters. The normalized spacial score (nSPS) is 28.7. The number of carbonyl (C=O) groups excluding carboxylic acids is 1. The Morgan fingerprint density at radius 1 is 0.914 bits per heavy atom. The third kappa shape index (κ3) is 7.53.